The fraction of sp³-hybridized carbons (Fsp3) is 0.167. The van der Waals surface area contributed by atoms with Gasteiger partial charge in [0.2, 0.25) is 0 Å². The topological polar surface area (TPSA) is 95.2 Å². The quantitative estimate of drug-likeness (QED) is 0.442. The zero-order chi connectivity index (χ0) is 23.9. The Labute approximate surface area is 199 Å². The molecule has 10 heteroatoms. The number of para-hydroxylation sites is 1. The van der Waals surface area contributed by atoms with Crippen LogP contribution >= 0.6 is 11.3 Å². The molecule has 3 heterocycles. The van der Waals surface area contributed by atoms with Crippen LogP contribution in [0.4, 0.5) is 10.1 Å². The van der Waals surface area contributed by atoms with Crippen LogP contribution in [0, 0.1) is 17.1 Å². The molecule has 5 rings (SSSR count). The molecule has 0 atom stereocenters. The molecule has 0 amide bonds. The summed E-state index contributed by atoms with van der Waals surface area (Å²) in [6.07, 6.45) is 0. The van der Waals surface area contributed by atoms with Gasteiger partial charge in [-0.15, -0.1) is 11.3 Å². The predicted octanol–water partition coefficient (Wildman–Crippen LogP) is 3.61. The van der Waals surface area contributed by atoms with E-state index in [-0.39, 0.29) is 41.3 Å². The maximum absolute atomic E-state index is 13.3. The van der Waals surface area contributed by atoms with Gasteiger partial charge in [0, 0.05) is 18.5 Å². The van der Waals surface area contributed by atoms with Gasteiger partial charge in [-0.1, -0.05) is 36.4 Å². The Bertz CT molecular complexity index is 1570. The summed E-state index contributed by atoms with van der Waals surface area (Å²) in [5.74, 6) is -0.367. The molecule has 0 radical (unpaired) electrons. The minimum atomic E-state index is -3.54. The van der Waals surface area contributed by atoms with Crippen molar-refractivity contribution in [2.24, 2.45) is 0 Å². The van der Waals surface area contributed by atoms with Crippen molar-refractivity contribution in [2.45, 2.75) is 16.8 Å². The van der Waals surface area contributed by atoms with Gasteiger partial charge < -0.3 is 9.88 Å². The molecule has 0 unspecified atom stereocenters. The van der Waals surface area contributed by atoms with E-state index in [4.69, 9.17) is 0 Å². The lowest BCUT2D eigenvalue weighted by molar-refractivity contribution is 0.281. The Morgan fingerprint density at radius 1 is 1.09 bits per heavy atom. The van der Waals surface area contributed by atoms with E-state index >= 15 is 0 Å². The number of nitrogens with zero attached hydrogens (tertiary/aromatic N) is 3. The van der Waals surface area contributed by atoms with Crippen LogP contribution in [0.2, 0.25) is 0 Å². The smallest absolute Gasteiger partial charge is 0.271 e. The lowest BCUT2D eigenvalue weighted by Crippen LogP contribution is -2.56. The number of aromatic nitrogens is 1. The molecule has 7 nitrogen and oxygen atoms in total. The first-order valence-corrected chi connectivity index (χ1v) is 12.8. The van der Waals surface area contributed by atoms with Crippen LogP contribution in [0.3, 0.4) is 0 Å². The van der Waals surface area contributed by atoms with Crippen molar-refractivity contribution in [3.05, 3.63) is 93.3 Å². The molecule has 2 aromatic carbocycles. The van der Waals surface area contributed by atoms with E-state index in [9.17, 15) is 22.9 Å². The van der Waals surface area contributed by atoms with Crippen molar-refractivity contribution in [2.75, 3.05) is 18.4 Å². The number of hydrogen-bond donors (Lipinski definition) is 1. The second kappa shape index (κ2) is 8.68. The summed E-state index contributed by atoms with van der Waals surface area (Å²) in [6.45, 7) is 0.654. The first kappa shape index (κ1) is 22.3. The van der Waals surface area contributed by atoms with Gasteiger partial charge >= 0.3 is 0 Å². The number of thiophene rings is 1. The van der Waals surface area contributed by atoms with Crippen LogP contribution in [0.5, 0.6) is 0 Å². The second-order valence-corrected chi connectivity index (χ2v) is 11.1. The summed E-state index contributed by atoms with van der Waals surface area (Å²) >= 11 is 1.17. The van der Waals surface area contributed by atoms with Crippen molar-refractivity contribution in [3.8, 4) is 6.07 Å². The van der Waals surface area contributed by atoms with Crippen LogP contribution in [-0.4, -0.2) is 36.4 Å². The highest BCUT2D eigenvalue weighted by Gasteiger charge is 2.38. The third-order valence-electron chi connectivity index (χ3n) is 5.82. The highest BCUT2D eigenvalue weighted by molar-refractivity contribution is 7.91. The molecular weight excluding hydrogens is 475 g/mol. The second-order valence-electron chi connectivity index (χ2n) is 7.99. The molecule has 4 aromatic rings. The predicted molar refractivity (Wildman–Crippen MR) is 129 cm³/mol. The van der Waals surface area contributed by atoms with Crippen molar-refractivity contribution in [3.63, 3.8) is 0 Å². The van der Waals surface area contributed by atoms with Gasteiger partial charge in [-0.3, -0.25) is 4.79 Å². The fourth-order valence-electron chi connectivity index (χ4n) is 4.06. The van der Waals surface area contributed by atoms with E-state index in [2.05, 4.69) is 5.32 Å². The first-order chi connectivity index (χ1) is 16.4. The van der Waals surface area contributed by atoms with Crippen molar-refractivity contribution in [1.82, 2.24) is 8.87 Å². The van der Waals surface area contributed by atoms with E-state index in [0.29, 0.717) is 16.6 Å². The number of pyridine rings is 1. The van der Waals surface area contributed by atoms with Crippen LogP contribution < -0.4 is 10.9 Å². The molecule has 172 valence electrons. The molecule has 0 spiro atoms. The van der Waals surface area contributed by atoms with Gasteiger partial charge in [0.05, 0.1) is 23.8 Å². The van der Waals surface area contributed by atoms with Crippen molar-refractivity contribution in [1.29, 1.82) is 5.26 Å². The number of sulfonamides is 1. The van der Waals surface area contributed by atoms with Gasteiger partial charge in [-0.25, -0.2) is 12.8 Å². The maximum Gasteiger partial charge on any atom is 0.271 e. The summed E-state index contributed by atoms with van der Waals surface area (Å²) in [5, 5.41) is 15.5. The third kappa shape index (κ3) is 3.88. The molecule has 1 N–H and O–H groups in total. The average molecular weight is 495 g/mol. The molecule has 0 saturated carbocycles. The average Bonchev–Trinajstić information content (AvgIpc) is 3.35. The van der Waals surface area contributed by atoms with E-state index in [1.54, 1.807) is 41.8 Å². The highest BCUT2D eigenvalue weighted by atomic mass is 32.2. The Kier molecular flexibility index (Phi) is 5.69. The summed E-state index contributed by atoms with van der Waals surface area (Å²) < 4.78 is 41.8. The Morgan fingerprint density at radius 3 is 2.50 bits per heavy atom. The fourth-order valence-corrected chi connectivity index (χ4v) is 6.73. The molecule has 2 aromatic heterocycles. The number of fused-ring (bicyclic) bond motifs is 1. The van der Waals surface area contributed by atoms with E-state index in [1.165, 1.54) is 32.3 Å². The zero-order valence-electron chi connectivity index (χ0n) is 17.8. The van der Waals surface area contributed by atoms with Crippen molar-refractivity contribution < 1.29 is 12.8 Å². The number of halogens is 1. The molecular formula is C24H19FN4O3S2. The number of nitriles is 1. The van der Waals surface area contributed by atoms with Crippen molar-refractivity contribution >= 4 is 38.0 Å². The Morgan fingerprint density at radius 2 is 1.82 bits per heavy atom. The van der Waals surface area contributed by atoms with Gasteiger partial charge in [0.15, 0.2) is 0 Å². The van der Waals surface area contributed by atoms with Gasteiger partial charge in [0.1, 0.15) is 21.7 Å². The monoisotopic (exact) mass is 494 g/mol. The molecule has 0 aliphatic carbocycles. The van der Waals surface area contributed by atoms with E-state index in [0.717, 1.165) is 5.56 Å². The first-order valence-electron chi connectivity index (χ1n) is 10.5. The minimum absolute atomic E-state index is 0.0413. The maximum atomic E-state index is 13.3. The third-order valence-corrected chi connectivity index (χ3v) is 9.03. The molecule has 1 fully saturated rings. The standard InChI is InChI=1S/C24H19FN4O3S2/c25-17-9-7-16(8-10-17)13-29-21-5-2-1-4-19(21)23(20(12-26)24(29)30)27-18-14-28(15-18)34(31,32)22-6-3-11-33-22/h1-11,18,27H,13-15H2. The van der Waals surface area contributed by atoms with Gasteiger partial charge in [0.25, 0.3) is 15.6 Å². The summed E-state index contributed by atoms with van der Waals surface area (Å²) in [7, 11) is -3.54. The zero-order valence-corrected chi connectivity index (χ0v) is 19.4. The Hall–Kier alpha value is -3.52. The molecule has 1 saturated heterocycles. The van der Waals surface area contributed by atoms with E-state index in [1.807, 2.05) is 18.2 Å². The molecule has 1 aliphatic rings. The van der Waals surface area contributed by atoms with E-state index < -0.39 is 15.6 Å². The van der Waals surface area contributed by atoms with Crippen LogP contribution in [0.25, 0.3) is 10.9 Å². The number of hydrogen-bond acceptors (Lipinski definition) is 6. The molecule has 1 aliphatic heterocycles. The number of anilines is 1. The number of nitrogens with one attached hydrogen (secondary N) is 1. The summed E-state index contributed by atoms with van der Waals surface area (Å²) in [6, 6.07) is 18.1. The van der Waals surface area contributed by atoms with Crippen LogP contribution in [0.1, 0.15) is 11.1 Å². The lowest BCUT2D eigenvalue weighted by Gasteiger charge is -2.39. The lowest BCUT2D eigenvalue weighted by atomic mass is 10.1. The number of rotatable bonds is 6. The highest BCUT2D eigenvalue weighted by Crippen LogP contribution is 2.30. The number of benzene rings is 2. The SMILES string of the molecule is N#Cc1c(NC2CN(S(=O)(=O)c3cccs3)C2)c2ccccc2n(Cc2ccc(F)cc2)c1=O. The van der Waals surface area contributed by atoms with Crippen LogP contribution in [0.15, 0.2) is 75.0 Å². The van der Waals surface area contributed by atoms with Gasteiger partial charge in [-0.05, 0) is 35.2 Å². The van der Waals surface area contributed by atoms with Crippen LogP contribution in [-0.2, 0) is 16.6 Å². The molecule has 34 heavy (non-hydrogen) atoms. The van der Waals surface area contributed by atoms with Gasteiger partial charge in [-0.2, -0.15) is 9.57 Å². The minimum Gasteiger partial charge on any atom is -0.378 e. The largest absolute Gasteiger partial charge is 0.378 e. The summed E-state index contributed by atoms with van der Waals surface area (Å²) in [4.78, 5) is 13.3. The molecule has 0 bridgehead atoms. The Balaban J connectivity index is 1.48. The normalized spacial score (nSPS) is 14.6. The summed E-state index contributed by atoms with van der Waals surface area (Å²) in [5.41, 5.74) is 1.25.